The molecule has 0 aromatic heterocycles. The molecule has 7 aromatic rings. The summed E-state index contributed by atoms with van der Waals surface area (Å²) in [5, 5.41) is 79.9. The Labute approximate surface area is 714 Å². The third kappa shape index (κ3) is 25.4. The molecule has 0 radical (unpaired) electrons. The number of rotatable bonds is 43. The molecule has 0 bridgehead atoms. The topological polar surface area (TPSA) is 410 Å². The molecule has 658 valence electrons. The van der Waals surface area contributed by atoms with Crippen molar-refractivity contribution in [2.45, 2.75) is 230 Å². The smallest absolute Gasteiger partial charge is 0.367 e. The highest BCUT2D eigenvalue weighted by Gasteiger charge is 2.67. The molecule has 4 aliphatic rings. The van der Waals surface area contributed by atoms with Crippen LogP contribution in [0.3, 0.4) is 0 Å². The lowest BCUT2D eigenvalue weighted by Gasteiger charge is -2.54. The zero-order valence-corrected chi connectivity index (χ0v) is 70.9. The van der Waals surface area contributed by atoms with Crippen LogP contribution in [0.1, 0.15) is 53.6 Å². The molecule has 0 unspecified atom stereocenters. The summed E-state index contributed by atoms with van der Waals surface area (Å²) >= 11 is 0.735. The minimum atomic E-state index is -3.17. The third-order valence-corrected chi connectivity index (χ3v) is 24.2. The van der Waals surface area contributed by atoms with E-state index in [0.717, 1.165) is 68.1 Å². The monoisotopic (exact) mass is 1730 g/mol. The van der Waals surface area contributed by atoms with Crippen molar-refractivity contribution in [3.8, 4) is 0 Å². The molecule has 0 saturated carbocycles. The lowest BCUT2D eigenvalue weighted by Crippen LogP contribution is -2.75. The van der Waals surface area contributed by atoms with Crippen LogP contribution in [-0.2, 0) is 135 Å². The van der Waals surface area contributed by atoms with Crippen LogP contribution in [0.2, 0.25) is 25.7 Å². The van der Waals surface area contributed by atoms with Crippen LogP contribution in [0.5, 0.6) is 0 Å². The second kappa shape index (κ2) is 45.9. The lowest BCUT2D eigenvalue weighted by molar-refractivity contribution is -0.398. The van der Waals surface area contributed by atoms with Crippen molar-refractivity contribution in [2.75, 3.05) is 47.2 Å². The van der Waals surface area contributed by atoms with Gasteiger partial charge in [0, 0.05) is 44.8 Å². The quantitative estimate of drug-likeness (QED) is 0.00591. The van der Waals surface area contributed by atoms with E-state index in [0.29, 0.717) is 16.0 Å². The Bertz CT molecular complexity index is 4380. The highest BCUT2D eigenvalue weighted by atomic mass is 32.2. The summed E-state index contributed by atoms with van der Waals surface area (Å²) in [6.45, 7) is 6.29. The summed E-state index contributed by atoms with van der Waals surface area (Å²) in [7, 11) is 0.137. The van der Waals surface area contributed by atoms with E-state index in [-0.39, 0.29) is 59.5 Å². The van der Waals surface area contributed by atoms with Gasteiger partial charge in [0.05, 0.1) is 111 Å². The van der Waals surface area contributed by atoms with Crippen molar-refractivity contribution < 1.29 is 126 Å². The van der Waals surface area contributed by atoms with Gasteiger partial charge in [0.15, 0.2) is 12.6 Å². The maximum atomic E-state index is 15.9. The fraction of sp³-hybridized carbons (Fsp3) is 0.483. The molecule has 8 N–H and O–H groups in total. The molecule has 2 amide bonds. The average Bonchev–Trinajstić information content (AvgIpc) is 0.732. The summed E-state index contributed by atoms with van der Waals surface area (Å²) in [5.74, 6) is -10.7. The minimum Gasteiger partial charge on any atom is -0.465 e. The molecule has 33 heteroatoms. The summed E-state index contributed by atoms with van der Waals surface area (Å²) in [5.41, 5.74) is 14.7. The van der Waals surface area contributed by atoms with Crippen molar-refractivity contribution in [3.63, 3.8) is 0 Å². The number of esters is 2. The highest BCUT2D eigenvalue weighted by molar-refractivity contribution is 8.00. The van der Waals surface area contributed by atoms with Crippen LogP contribution in [0.15, 0.2) is 222 Å². The van der Waals surface area contributed by atoms with Crippen LogP contribution >= 0.6 is 11.8 Å². The second-order valence-electron chi connectivity index (χ2n) is 31.4. The number of nitrogens with one attached hydrogen (secondary N) is 2. The number of benzene rings is 7. The largest absolute Gasteiger partial charge is 0.465 e. The average molecular weight is 1730 g/mol. The van der Waals surface area contributed by atoms with Gasteiger partial charge >= 0.3 is 11.9 Å². The minimum absolute atomic E-state index is 0.00173. The molecule has 0 aliphatic carbocycles. The maximum Gasteiger partial charge on any atom is 0.367 e. The van der Waals surface area contributed by atoms with E-state index >= 15 is 9.59 Å². The third-order valence-electron chi connectivity index (χ3n) is 21.2. The van der Waals surface area contributed by atoms with Gasteiger partial charge in [0.1, 0.15) is 84.6 Å². The number of amides is 2. The SMILES string of the molecule is COC(=O)[C@@]1(O[C@H]2[C@@H](OCc3ccccc3)[C@@H](COCc3ccccc3)O[C@@H](O[C@H]3[C@H](OCc4ccccc4)[C@@H](OCc4ccccc4)[C@H](OCC[Si](C)(C)C)O[C@@H]3COCc3ccccc3)[C@@H]2OCc2ccccc2)C[C@H](O)[C@@H](NC(C)=O)[C@H]([C@H](O)[C@@H](CN=[N+]=[N-])O[C@@]2(C(=O)OC)O[C@@H]([C@H](O)[C@H](O)CO)[C@H](NC(C)=O)[C@@H](O)[C@@H]2Sc2ccccc2)O1. The summed E-state index contributed by atoms with van der Waals surface area (Å²) in [6.07, 6.45) is -32.4. The Kier molecular flexibility index (Phi) is 35.5. The predicted octanol–water partition coefficient (Wildman–Crippen LogP) is 7.93. The van der Waals surface area contributed by atoms with Gasteiger partial charge in [-0.1, -0.05) is 225 Å². The fourth-order valence-electron chi connectivity index (χ4n) is 15.0. The van der Waals surface area contributed by atoms with Gasteiger partial charge in [-0.15, -0.1) is 11.8 Å². The molecular weight excluding hydrogens is 1620 g/mol. The van der Waals surface area contributed by atoms with Crippen LogP contribution in [-0.4, -0.2) is 249 Å². The predicted molar refractivity (Wildman–Crippen MR) is 445 cm³/mol. The number of nitrogens with zero attached hydrogens (tertiary/aromatic N) is 3. The van der Waals surface area contributed by atoms with E-state index in [4.69, 9.17) is 75.8 Å². The Morgan fingerprint density at radius 3 is 1.43 bits per heavy atom. The zero-order chi connectivity index (χ0) is 86.8. The molecule has 31 nitrogen and oxygen atoms in total. The van der Waals surface area contributed by atoms with Gasteiger partial charge in [0.2, 0.25) is 11.8 Å². The van der Waals surface area contributed by atoms with Gasteiger partial charge in [-0.2, -0.15) is 0 Å². The van der Waals surface area contributed by atoms with Crippen LogP contribution in [0, 0.1) is 0 Å². The molecule has 4 heterocycles. The van der Waals surface area contributed by atoms with E-state index in [1.54, 1.807) is 42.5 Å². The molecule has 23 atom stereocenters. The first-order valence-electron chi connectivity index (χ1n) is 40.5. The number of methoxy groups -OCH3 is 2. The van der Waals surface area contributed by atoms with Gasteiger partial charge in [0.25, 0.3) is 11.6 Å². The first-order chi connectivity index (χ1) is 58.9. The second-order valence-corrected chi connectivity index (χ2v) is 38.3. The Hall–Kier alpha value is -8.50. The number of azide groups is 1. The zero-order valence-electron chi connectivity index (χ0n) is 69.1. The molecular formula is C89H111N5O26SSi. The molecule has 122 heavy (non-hydrogen) atoms. The molecule has 11 rings (SSSR count). The standard InChI is InChI=1S/C89H111N5O26SSi/c1-56(96)92-70-65(98)45-88(86(103)105-3,118-77(70)73(101)67(46-91-94-90)117-89(87(104)106-4)83(121-64-41-27-14-28-42-64)74(102)71(93-57(2)97)78(120-89)72(100)66(99)47-95)119-80-75(110-50-60-33-19-10-20-34-60)68(54-107-48-58-29-15-8-16-30-58)115-85(82(80)113-53-63-39-25-13-26-40-63)116-76-69(55-108-49-59-31-17-9-18-32-59)114-84(109-43-44-122(5,6)7)81(112-52-62-37-23-12-24-38-62)79(76)111-51-61-35-21-11-22-36-61/h8-42,65-85,95,98-102H,43-55H2,1-7H3,(H,92,96)(H,93,97)/t65-,66+,67+,68+,69+,70+,71+,72+,73+,74+,75-,76+,77+,78+,79-,80-,81+,82+,83-,84+,85-,88-,89+/m0/s1. The Balaban J connectivity index is 1.09. The van der Waals surface area contributed by atoms with E-state index in [1.165, 1.54) is 0 Å². The Morgan fingerprint density at radius 2 is 0.967 bits per heavy atom. The normalized spacial score (nSPS) is 28.3. The number of aliphatic hydroxyl groups is 6. The first kappa shape index (κ1) is 94.2. The summed E-state index contributed by atoms with van der Waals surface area (Å²) in [6, 6.07) is 61.3. The van der Waals surface area contributed by atoms with E-state index in [1.807, 2.05) is 170 Å². The van der Waals surface area contributed by atoms with Gasteiger partial charge in [-0.3, -0.25) is 9.59 Å². The number of carbonyl (C=O) groups is 4. The van der Waals surface area contributed by atoms with E-state index < -0.39 is 191 Å². The van der Waals surface area contributed by atoms with Crippen LogP contribution in [0.4, 0.5) is 0 Å². The van der Waals surface area contributed by atoms with Crippen molar-refractivity contribution in [3.05, 3.63) is 256 Å². The molecule has 4 fully saturated rings. The Morgan fingerprint density at radius 1 is 0.541 bits per heavy atom. The van der Waals surface area contributed by atoms with Crippen molar-refractivity contribution in [2.24, 2.45) is 5.11 Å². The van der Waals surface area contributed by atoms with Crippen LogP contribution in [0.25, 0.3) is 10.4 Å². The number of carbonyl (C=O) groups excluding carboxylic acids is 4. The van der Waals surface area contributed by atoms with Crippen molar-refractivity contribution in [1.29, 1.82) is 0 Å². The summed E-state index contributed by atoms with van der Waals surface area (Å²) in [4.78, 5) is 61.3. The van der Waals surface area contributed by atoms with Crippen LogP contribution < -0.4 is 10.6 Å². The number of ether oxygens (including phenoxy) is 16. The number of aliphatic hydroxyl groups excluding tert-OH is 6. The number of thioether (sulfide) groups is 1. The molecule has 7 aromatic carbocycles. The number of hydrogen-bond donors (Lipinski definition) is 8. The van der Waals surface area contributed by atoms with Gasteiger partial charge in [-0.05, 0) is 57.1 Å². The van der Waals surface area contributed by atoms with Crippen molar-refractivity contribution in [1.82, 2.24) is 10.6 Å². The maximum absolute atomic E-state index is 15.9. The highest BCUT2D eigenvalue weighted by Crippen LogP contribution is 2.47. The van der Waals surface area contributed by atoms with Crippen molar-refractivity contribution >= 4 is 43.6 Å². The molecule has 4 aliphatic heterocycles. The van der Waals surface area contributed by atoms with Gasteiger partial charge in [-0.25, -0.2) is 9.59 Å². The van der Waals surface area contributed by atoms with E-state index in [2.05, 4.69) is 40.3 Å². The number of hydrogen-bond acceptors (Lipinski definition) is 28. The summed E-state index contributed by atoms with van der Waals surface area (Å²) < 4.78 is 111. The molecule has 4 saturated heterocycles. The molecule has 0 spiro atoms. The van der Waals surface area contributed by atoms with E-state index in [9.17, 15) is 45.8 Å². The lowest BCUT2D eigenvalue weighted by atomic mass is 9.86. The fourth-order valence-corrected chi connectivity index (χ4v) is 17.0. The first-order valence-corrected chi connectivity index (χ1v) is 45.1. The van der Waals surface area contributed by atoms with Gasteiger partial charge < -0.3 is 117 Å².